The summed E-state index contributed by atoms with van der Waals surface area (Å²) in [4.78, 5) is 15.7. The van der Waals surface area contributed by atoms with E-state index in [1.54, 1.807) is 18.0 Å². The van der Waals surface area contributed by atoms with Crippen LogP contribution in [-0.4, -0.2) is 29.2 Å². The van der Waals surface area contributed by atoms with E-state index in [1.165, 1.54) is 0 Å². The summed E-state index contributed by atoms with van der Waals surface area (Å²) in [5.41, 5.74) is 6.66. The van der Waals surface area contributed by atoms with E-state index in [2.05, 4.69) is 10.3 Å². The average molecular weight is 340 g/mol. The quantitative estimate of drug-likeness (QED) is 0.713. The highest BCUT2D eigenvalue weighted by Gasteiger charge is 2.02. The van der Waals surface area contributed by atoms with Crippen LogP contribution in [0.3, 0.4) is 0 Å². The standard InChI is InChI=1S/C13H21N3OS.2ClH/c1-11(14)5-8-16-13(17)6-9-18-10-12-4-2-3-7-15-12;;/h2-4,7,11H,5-6,8-10,14H2,1H3,(H,16,17);2*1H. The van der Waals surface area contributed by atoms with Gasteiger partial charge in [-0.05, 0) is 25.5 Å². The zero-order valence-electron chi connectivity index (χ0n) is 11.6. The minimum absolute atomic E-state index is 0. The summed E-state index contributed by atoms with van der Waals surface area (Å²) in [6.45, 7) is 2.61. The summed E-state index contributed by atoms with van der Waals surface area (Å²) in [6.07, 6.45) is 3.17. The molecular weight excluding hydrogens is 317 g/mol. The molecule has 3 N–H and O–H groups in total. The molecule has 4 nitrogen and oxygen atoms in total. The molecule has 0 spiro atoms. The number of amides is 1. The minimum atomic E-state index is 0. The van der Waals surface area contributed by atoms with Crippen molar-refractivity contribution in [2.75, 3.05) is 12.3 Å². The van der Waals surface area contributed by atoms with Crippen molar-refractivity contribution in [1.29, 1.82) is 0 Å². The van der Waals surface area contributed by atoms with Crippen molar-refractivity contribution in [2.45, 2.75) is 31.6 Å². The third-order valence-electron chi connectivity index (χ3n) is 2.37. The molecule has 1 rings (SSSR count). The number of hydrogen-bond donors (Lipinski definition) is 2. The van der Waals surface area contributed by atoms with Gasteiger partial charge in [0, 0.05) is 36.7 Å². The molecule has 0 aliphatic carbocycles. The summed E-state index contributed by atoms with van der Waals surface area (Å²) in [5.74, 6) is 1.78. The molecule has 1 amide bonds. The van der Waals surface area contributed by atoms with Crippen LogP contribution in [0.2, 0.25) is 0 Å². The van der Waals surface area contributed by atoms with E-state index in [4.69, 9.17) is 5.73 Å². The second-order valence-corrected chi connectivity index (χ2v) is 5.34. The first-order chi connectivity index (χ1) is 8.68. The van der Waals surface area contributed by atoms with E-state index in [-0.39, 0.29) is 36.8 Å². The molecule has 1 heterocycles. The number of carbonyl (C=O) groups is 1. The van der Waals surface area contributed by atoms with Crippen molar-refractivity contribution < 1.29 is 4.79 Å². The maximum Gasteiger partial charge on any atom is 0.220 e. The number of hydrogen-bond acceptors (Lipinski definition) is 4. The predicted octanol–water partition coefficient (Wildman–Crippen LogP) is 2.40. The van der Waals surface area contributed by atoms with E-state index in [0.29, 0.717) is 13.0 Å². The molecule has 1 unspecified atom stereocenters. The Hall–Kier alpha value is -0.490. The lowest BCUT2D eigenvalue weighted by atomic mass is 10.2. The molecule has 0 aliphatic heterocycles. The SMILES string of the molecule is CC(N)CCNC(=O)CCSCc1ccccn1.Cl.Cl. The van der Waals surface area contributed by atoms with Crippen molar-refractivity contribution in [2.24, 2.45) is 5.73 Å². The summed E-state index contributed by atoms with van der Waals surface area (Å²) < 4.78 is 0. The Morgan fingerprint density at radius 1 is 1.45 bits per heavy atom. The number of rotatable bonds is 8. The fraction of sp³-hybridized carbons (Fsp3) is 0.538. The number of nitrogens with two attached hydrogens (primary N) is 1. The predicted molar refractivity (Wildman–Crippen MR) is 90.8 cm³/mol. The van der Waals surface area contributed by atoms with Crippen LogP contribution in [-0.2, 0) is 10.5 Å². The second-order valence-electron chi connectivity index (χ2n) is 4.24. The van der Waals surface area contributed by atoms with Crippen LogP contribution in [0, 0.1) is 0 Å². The van der Waals surface area contributed by atoms with E-state index >= 15 is 0 Å². The van der Waals surface area contributed by atoms with E-state index in [9.17, 15) is 4.79 Å². The molecule has 7 heteroatoms. The number of nitrogens with one attached hydrogen (secondary N) is 1. The molecule has 20 heavy (non-hydrogen) atoms. The molecule has 0 fully saturated rings. The van der Waals surface area contributed by atoms with Crippen LogP contribution in [0.25, 0.3) is 0 Å². The molecule has 116 valence electrons. The average Bonchev–Trinajstić information content (AvgIpc) is 2.35. The first-order valence-corrected chi connectivity index (χ1v) is 7.34. The molecule has 0 aliphatic rings. The normalized spacial score (nSPS) is 10.9. The Kier molecular flexibility index (Phi) is 14.7. The maximum atomic E-state index is 11.5. The number of nitrogens with zero attached hydrogens (tertiary/aromatic N) is 1. The van der Waals surface area contributed by atoms with E-state index in [1.807, 2.05) is 25.1 Å². The van der Waals surface area contributed by atoms with Crippen LogP contribution in [0.5, 0.6) is 0 Å². The van der Waals surface area contributed by atoms with Crippen LogP contribution < -0.4 is 11.1 Å². The van der Waals surface area contributed by atoms with Crippen LogP contribution in [0.4, 0.5) is 0 Å². The molecule has 0 saturated heterocycles. The molecule has 0 saturated carbocycles. The van der Waals surface area contributed by atoms with Crippen LogP contribution >= 0.6 is 36.6 Å². The van der Waals surface area contributed by atoms with Gasteiger partial charge < -0.3 is 11.1 Å². The fourth-order valence-electron chi connectivity index (χ4n) is 1.35. The minimum Gasteiger partial charge on any atom is -0.356 e. The molecular formula is C13H23Cl2N3OS. The van der Waals surface area contributed by atoms with Gasteiger partial charge in [0.1, 0.15) is 0 Å². The van der Waals surface area contributed by atoms with Crippen LogP contribution in [0.15, 0.2) is 24.4 Å². The van der Waals surface area contributed by atoms with Crippen molar-refractivity contribution in [3.05, 3.63) is 30.1 Å². The smallest absolute Gasteiger partial charge is 0.220 e. The topological polar surface area (TPSA) is 68.0 Å². The van der Waals surface area contributed by atoms with Gasteiger partial charge in [0.05, 0.1) is 5.69 Å². The zero-order valence-corrected chi connectivity index (χ0v) is 14.0. The number of thioether (sulfide) groups is 1. The van der Waals surface area contributed by atoms with Crippen molar-refractivity contribution in [3.63, 3.8) is 0 Å². The lowest BCUT2D eigenvalue weighted by Gasteiger charge is -2.07. The van der Waals surface area contributed by atoms with Crippen molar-refractivity contribution in [3.8, 4) is 0 Å². The Labute approximate surface area is 137 Å². The van der Waals surface area contributed by atoms with Gasteiger partial charge >= 0.3 is 0 Å². The largest absolute Gasteiger partial charge is 0.356 e. The summed E-state index contributed by atoms with van der Waals surface area (Å²) in [7, 11) is 0. The first-order valence-electron chi connectivity index (χ1n) is 6.18. The number of aromatic nitrogens is 1. The van der Waals surface area contributed by atoms with Gasteiger partial charge in [-0.3, -0.25) is 9.78 Å². The lowest BCUT2D eigenvalue weighted by molar-refractivity contribution is -0.120. The number of carbonyl (C=O) groups excluding carboxylic acids is 1. The first kappa shape index (κ1) is 21.8. The van der Waals surface area contributed by atoms with E-state index in [0.717, 1.165) is 23.6 Å². The fourth-order valence-corrected chi connectivity index (χ4v) is 2.21. The molecule has 1 aromatic rings. The lowest BCUT2D eigenvalue weighted by Crippen LogP contribution is -2.29. The Balaban J connectivity index is 0. The summed E-state index contributed by atoms with van der Waals surface area (Å²) in [5, 5.41) is 2.86. The summed E-state index contributed by atoms with van der Waals surface area (Å²) >= 11 is 1.73. The van der Waals surface area contributed by atoms with Gasteiger partial charge in [0.25, 0.3) is 0 Å². The second kappa shape index (κ2) is 13.5. The van der Waals surface area contributed by atoms with E-state index < -0.39 is 0 Å². The third kappa shape index (κ3) is 11.3. The number of pyridine rings is 1. The Morgan fingerprint density at radius 3 is 2.80 bits per heavy atom. The van der Waals surface area contributed by atoms with Gasteiger partial charge in [-0.15, -0.1) is 24.8 Å². The van der Waals surface area contributed by atoms with Crippen LogP contribution in [0.1, 0.15) is 25.5 Å². The Bertz CT molecular complexity index is 353. The molecule has 1 atom stereocenters. The highest BCUT2D eigenvalue weighted by molar-refractivity contribution is 7.98. The van der Waals surface area contributed by atoms with Gasteiger partial charge in [-0.1, -0.05) is 6.07 Å². The Morgan fingerprint density at radius 2 is 2.20 bits per heavy atom. The van der Waals surface area contributed by atoms with Crippen molar-refractivity contribution >= 4 is 42.5 Å². The van der Waals surface area contributed by atoms with Crippen molar-refractivity contribution in [1.82, 2.24) is 10.3 Å². The van der Waals surface area contributed by atoms with Gasteiger partial charge in [-0.25, -0.2) is 0 Å². The maximum absolute atomic E-state index is 11.5. The monoisotopic (exact) mass is 339 g/mol. The van der Waals surface area contributed by atoms with Gasteiger partial charge in [-0.2, -0.15) is 11.8 Å². The molecule has 0 aromatic carbocycles. The highest BCUT2D eigenvalue weighted by Crippen LogP contribution is 2.10. The molecule has 0 bridgehead atoms. The highest BCUT2D eigenvalue weighted by atomic mass is 35.5. The molecule has 1 aromatic heterocycles. The molecule has 0 radical (unpaired) electrons. The van der Waals surface area contributed by atoms with Gasteiger partial charge in [0.2, 0.25) is 5.91 Å². The van der Waals surface area contributed by atoms with Gasteiger partial charge in [0.15, 0.2) is 0 Å². The third-order valence-corrected chi connectivity index (χ3v) is 3.36. The zero-order chi connectivity index (χ0) is 13.2. The number of halogens is 2. The summed E-state index contributed by atoms with van der Waals surface area (Å²) in [6, 6.07) is 6.02.